The van der Waals surface area contributed by atoms with Gasteiger partial charge in [0.05, 0.1) is 25.7 Å². The second-order valence-corrected chi connectivity index (χ2v) is 8.98. The van der Waals surface area contributed by atoms with E-state index < -0.39 is 0 Å². The van der Waals surface area contributed by atoms with Crippen LogP contribution in [0.3, 0.4) is 0 Å². The number of hydrogen-bond acceptors (Lipinski definition) is 8. The third-order valence-electron chi connectivity index (χ3n) is 5.13. The number of hydrogen-bond donors (Lipinski definition) is 2. The molecule has 3 aromatic heterocycles. The van der Waals surface area contributed by atoms with E-state index in [1.165, 1.54) is 34.8 Å². The maximum Gasteiger partial charge on any atom is 0.283 e. The molecule has 11 heteroatoms. The number of anilines is 1. The number of para-hydroxylation sites is 1. The van der Waals surface area contributed by atoms with Gasteiger partial charge in [0.25, 0.3) is 5.56 Å². The molecule has 2 N–H and O–H groups in total. The van der Waals surface area contributed by atoms with E-state index in [0.29, 0.717) is 38.5 Å². The number of methoxy groups -OCH3 is 2. The fourth-order valence-corrected chi connectivity index (χ4v) is 4.95. The normalized spacial score (nSPS) is 11.1. The fourth-order valence-electron chi connectivity index (χ4n) is 3.60. The second kappa shape index (κ2) is 9.20. The number of aromatic amines is 1. The molecule has 0 radical (unpaired) electrons. The van der Waals surface area contributed by atoms with Gasteiger partial charge in [-0.25, -0.2) is 9.97 Å². The van der Waals surface area contributed by atoms with Gasteiger partial charge in [0.1, 0.15) is 11.0 Å². The Morgan fingerprint density at radius 3 is 2.76 bits per heavy atom. The summed E-state index contributed by atoms with van der Waals surface area (Å²) < 4.78 is 12.2. The Morgan fingerprint density at radius 1 is 1.18 bits per heavy atom. The van der Waals surface area contributed by atoms with Gasteiger partial charge in [-0.15, -0.1) is 11.3 Å². The number of rotatable bonds is 7. The van der Waals surface area contributed by atoms with Crippen molar-refractivity contribution < 1.29 is 14.3 Å². The van der Waals surface area contributed by atoms with E-state index in [1.54, 1.807) is 36.9 Å². The topological polar surface area (TPSA) is 111 Å². The number of thioether (sulfide) groups is 1. The monoisotopic (exact) mass is 493 g/mol. The van der Waals surface area contributed by atoms with Crippen molar-refractivity contribution in [3.8, 4) is 17.2 Å². The molecule has 5 rings (SSSR count). The number of thiazole rings is 1. The molecule has 2 aromatic carbocycles. The Balaban J connectivity index is 1.63. The maximum atomic E-state index is 13.7. The van der Waals surface area contributed by atoms with E-state index in [2.05, 4.69) is 15.3 Å². The molecule has 0 bridgehead atoms. The smallest absolute Gasteiger partial charge is 0.283 e. The van der Waals surface area contributed by atoms with E-state index in [1.807, 2.05) is 24.3 Å². The molecule has 172 valence electrons. The summed E-state index contributed by atoms with van der Waals surface area (Å²) in [6.07, 6.45) is 1.62. The molecule has 34 heavy (non-hydrogen) atoms. The number of H-pyrrole nitrogens is 1. The number of carbonyl (C=O) groups is 1. The van der Waals surface area contributed by atoms with Gasteiger partial charge in [-0.1, -0.05) is 30.0 Å². The minimum Gasteiger partial charge on any atom is -0.493 e. The molecule has 0 atom stereocenters. The molecule has 3 heterocycles. The highest BCUT2D eigenvalue weighted by atomic mass is 32.2. The van der Waals surface area contributed by atoms with Crippen LogP contribution in [0, 0.1) is 0 Å². The Morgan fingerprint density at radius 2 is 2.00 bits per heavy atom. The predicted molar refractivity (Wildman–Crippen MR) is 134 cm³/mol. The number of carbonyl (C=O) groups excluding carboxylic acids is 1. The maximum absolute atomic E-state index is 13.7. The number of amides is 1. The van der Waals surface area contributed by atoms with Gasteiger partial charge < -0.3 is 19.8 Å². The quantitative estimate of drug-likeness (QED) is 0.260. The lowest BCUT2D eigenvalue weighted by molar-refractivity contribution is -0.113. The zero-order chi connectivity index (χ0) is 23.7. The molecular formula is C23H19N5O4S2. The van der Waals surface area contributed by atoms with Crippen LogP contribution in [-0.2, 0) is 4.79 Å². The fraction of sp³-hybridized carbons (Fsp3) is 0.130. The lowest BCUT2D eigenvalue weighted by Gasteiger charge is -2.14. The molecule has 0 unspecified atom stereocenters. The Bertz CT molecular complexity index is 1560. The molecule has 0 aliphatic rings. The summed E-state index contributed by atoms with van der Waals surface area (Å²) in [6, 6.07) is 12.8. The van der Waals surface area contributed by atoms with Crippen LogP contribution in [0.4, 0.5) is 5.13 Å². The Hall–Kier alpha value is -3.83. The minimum absolute atomic E-state index is 0.0488. The summed E-state index contributed by atoms with van der Waals surface area (Å²) in [6.45, 7) is 0. The van der Waals surface area contributed by atoms with Gasteiger partial charge in [0.2, 0.25) is 5.91 Å². The summed E-state index contributed by atoms with van der Waals surface area (Å²) in [5.41, 5.74) is 2.01. The van der Waals surface area contributed by atoms with Crippen molar-refractivity contribution >= 4 is 56.1 Å². The standard InChI is InChI=1S/C23H19N5O4S2/c1-31-16-8-7-13(11-17(16)32-2)28-21(30)20-19(14-5-3-4-6-15(14)25-20)27-23(28)34-12-18(29)26-22-24-9-10-33-22/h3-11,25H,12H2,1-2H3,(H,24,26,29). The van der Waals surface area contributed by atoms with Crippen LogP contribution in [0.1, 0.15) is 0 Å². The number of aromatic nitrogens is 4. The van der Waals surface area contributed by atoms with Crippen molar-refractivity contribution in [2.75, 3.05) is 25.3 Å². The third kappa shape index (κ3) is 3.99. The van der Waals surface area contributed by atoms with Crippen LogP contribution in [0.2, 0.25) is 0 Å². The zero-order valence-electron chi connectivity index (χ0n) is 18.2. The van der Waals surface area contributed by atoms with Gasteiger partial charge in [-0.2, -0.15) is 0 Å². The van der Waals surface area contributed by atoms with E-state index >= 15 is 0 Å². The number of nitrogens with one attached hydrogen (secondary N) is 2. The van der Waals surface area contributed by atoms with Crippen molar-refractivity contribution in [1.82, 2.24) is 19.5 Å². The largest absolute Gasteiger partial charge is 0.493 e. The van der Waals surface area contributed by atoms with Crippen LogP contribution in [0.25, 0.3) is 27.6 Å². The lowest BCUT2D eigenvalue weighted by atomic mass is 10.2. The predicted octanol–water partition coefficient (Wildman–Crippen LogP) is 4.07. The lowest BCUT2D eigenvalue weighted by Crippen LogP contribution is -2.23. The van der Waals surface area contributed by atoms with Gasteiger partial charge in [-0.05, 0) is 18.2 Å². The first-order valence-corrected chi connectivity index (χ1v) is 12.0. The van der Waals surface area contributed by atoms with E-state index in [4.69, 9.17) is 14.5 Å². The summed E-state index contributed by atoms with van der Waals surface area (Å²) in [7, 11) is 3.08. The molecule has 5 aromatic rings. The molecular weight excluding hydrogens is 474 g/mol. The number of fused-ring (bicyclic) bond motifs is 3. The van der Waals surface area contributed by atoms with Crippen LogP contribution in [0.15, 0.2) is 64.0 Å². The highest BCUT2D eigenvalue weighted by Crippen LogP contribution is 2.31. The van der Waals surface area contributed by atoms with Crippen molar-refractivity contribution in [1.29, 1.82) is 0 Å². The van der Waals surface area contributed by atoms with Crippen LogP contribution in [0.5, 0.6) is 11.5 Å². The van der Waals surface area contributed by atoms with Gasteiger partial charge in [0.15, 0.2) is 21.8 Å². The van der Waals surface area contributed by atoms with E-state index in [9.17, 15) is 9.59 Å². The number of ether oxygens (including phenoxy) is 2. The molecule has 0 aliphatic heterocycles. The molecule has 9 nitrogen and oxygen atoms in total. The zero-order valence-corrected chi connectivity index (χ0v) is 19.8. The Kier molecular flexibility index (Phi) is 5.95. The molecule has 0 fully saturated rings. The van der Waals surface area contributed by atoms with Gasteiger partial charge in [0, 0.05) is 28.5 Å². The summed E-state index contributed by atoms with van der Waals surface area (Å²) in [5.74, 6) is 0.817. The molecule has 0 saturated heterocycles. The van der Waals surface area contributed by atoms with Crippen molar-refractivity contribution in [2.45, 2.75) is 5.16 Å². The second-order valence-electron chi connectivity index (χ2n) is 7.14. The first-order chi connectivity index (χ1) is 16.6. The summed E-state index contributed by atoms with van der Waals surface area (Å²) in [4.78, 5) is 38.2. The third-order valence-corrected chi connectivity index (χ3v) is 6.76. The number of benzene rings is 2. The first kappa shape index (κ1) is 22.0. The highest BCUT2D eigenvalue weighted by molar-refractivity contribution is 7.99. The van der Waals surface area contributed by atoms with Gasteiger partial charge >= 0.3 is 0 Å². The molecule has 0 spiro atoms. The van der Waals surface area contributed by atoms with Crippen molar-refractivity contribution in [3.63, 3.8) is 0 Å². The van der Waals surface area contributed by atoms with Crippen LogP contribution in [-0.4, -0.2) is 45.4 Å². The van der Waals surface area contributed by atoms with Gasteiger partial charge in [-0.3, -0.25) is 14.2 Å². The average Bonchev–Trinajstić information content (AvgIpc) is 3.50. The molecule has 1 amide bonds. The van der Waals surface area contributed by atoms with E-state index in [0.717, 1.165) is 10.9 Å². The number of nitrogens with zero attached hydrogens (tertiary/aromatic N) is 3. The van der Waals surface area contributed by atoms with Crippen LogP contribution >= 0.6 is 23.1 Å². The SMILES string of the molecule is COc1ccc(-n2c(SCC(=O)Nc3nccs3)nc3c([nH]c4ccccc43)c2=O)cc1OC. The van der Waals surface area contributed by atoms with Crippen molar-refractivity contribution in [3.05, 3.63) is 64.4 Å². The summed E-state index contributed by atoms with van der Waals surface area (Å²) in [5, 5.41) is 6.26. The van der Waals surface area contributed by atoms with E-state index in [-0.39, 0.29) is 17.2 Å². The minimum atomic E-state index is -0.281. The average molecular weight is 494 g/mol. The van der Waals surface area contributed by atoms with Crippen LogP contribution < -0.4 is 20.3 Å². The van der Waals surface area contributed by atoms with Crippen molar-refractivity contribution in [2.24, 2.45) is 0 Å². The highest BCUT2D eigenvalue weighted by Gasteiger charge is 2.19. The summed E-state index contributed by atoms with van der Waals surface area (Å²) >= 11 is 2.50. The molecule has 0 saturated carbocycles. The Labute approximate surface area is 201 Å². The molecule has 0 aliphatic carbocycles. The first-order valence-electron chi connectivity index (χ1n) is 10.2.